The molecule has 5 heteroatoms. The van der Waals surface area contributed by atoms with Gasteiger partial charge in [0.05, 0.1) is 16.6 Å². The maximum atomic E-state index is 8.25. The molecule has 0 fully saturated rings. The zero-order valence-electron chi connectivity index (χ0n) is 33.5. The molecule has 3 aromatic carbocycles. The van der Waals surface area contributed by atoms with E-state index in [1.54, 1.807) is 30.3 Å². The van der Waals surface area contributed by atoms with E-state index in [2.05, 4.69) is 22.1 Å². The average Bonchev–Trinajstić information content (AvgIpc) is 3.63. The third-order valence-corrected chi connectivity index (χ3v) is 6.25. The van der Waals surface area contributed by atoms with E-state index in [1.165, 1.54) is 18.3 Å². The van der Waals surface area contributed by atoms with Gasteiger partial charge in [-0.05, 0) is 65.5 Å². The van der Waals surface area contributed by atoms with Crippen LogP contribution in [0.25, 0.3) is 55.6 Å². The van der Waals surface area contributed by atoms with Crippen LogP contribution in [-0.4, -0.2) is 9.97 Å². The molecule has 0 aliphatic carbocycles. The molecule has 1 radical (unpaired) electrons. The molecule has 4 heterocycles. The van der Waals surface area contributed by atoms with E-state index in [-0.39, 0.29) is 42.5 Å². The van der Waals surface area contributed by atoms with Crippen LogP contribution in [0.1, 0.15) is 58.1 Å². The van der Waals surface area contributed by atoms with Crippen molar-refractivity contribution in [2.45, 2.75) is 47.7 Å². The van der Waals surface area contributed by atoms with Crippen LogP contribution in [0.5, 0.6) is 0 Å². The molecule has 4 nitrogen and oxygen atoms in total. The number of nitrogens with zero attached hydrogens (tertiary/aromatic N) is 2. The second-order valence-corrected chi connectivity index (χ2v) is 10.5. The van der Waals surface area contributed by atoms with Crippen molar-refractivity contribution >= 4 is 33.1 Å². The number of benzene rings is 3. The summed E-state index contributed by atoms with van der Waals surface area (Å²) in [6.45, 7) is -1.77. The molecule has 0 amide bonds. The van der Waals surface area contributed by atoms with Gasteiger partial charge in [-0.1, -0.05) is 63.0 Å². The van der Waals surface area contributed by atoms with Crippen molar-refractivity contribution in [1.29, 1.82) is 0 Å². The zero-order chi connectivity index (χ0) is 37.3. The van der Waals surface area contributed by atoms with E-state index < -0.39 is 32.3 Å². The van der Waals surface area contributed by atoms with Gasteiger partial charge < -0.3 is 18.8 Å². The van der Waals surface area contributed by atoms with Crippen molar-refractivity contribution < 1.29 is 44.0 Å². The number of hydrogen-bond donors (Lipinski definition) is 0. The number of furan rings is 2. The van der Waals surface area contributed by atoms with E-state index in [1.807, 2.05) is 39.0 Å². The molecule has 7 aromatic rings. The Bertz CT molecular complexity index is 2330. The van der Waals surface area contributed by atoms with Crippen molar-refractivity contribution in [2.75, 3.05) is 0 Å². The number of rotatable bonds is 3. The van der Waals surface area contributed by atoms with E-state index in [4.69, 9.17) is 23.9 Å². The van der Waals surface area contributed by atoms with Gasteiger partial charge in [-0.25, -0.2) is 0 Å². The fourth-order valence-electron chi connectivity index (χ4n) is 4.51. The summed E-state index contributed by atoms with van der Waals surface area (Å²) in [6, 6.07) is 22.5. The van der Waals surface area contributed by atoms with Crippen molar-refractivity contribution in [3.63, 3.8) is 0 Å². The minimum atomic E-state index is -2.60. The zero-order valence-corrected chi connectivity index (χ0v) is 24.9. The van der Waals surface area contributed by atoms with Crippen LogP contribution in [0.4, 0.5) is 0 Å². The largest absolute Gasteiger partial charge is 0.500 e. The maximum Gasteiger partial charge on any atom is 0.124 e. The van der Waals surface area contributed by atoms with Gasteiger partial charge in [0.15, 0.2) is 0 Å². The van der Waals surface area contributed by atoms with E-state index in [0.717, 1.165) is 17.0 Å². The van der Waals surface area contributed by atoms with Crippen LogP contribution in [0.3, 0.4) is 0 Å². The Balaban J connectivity index is 0.000000202. The van der Waals surface area contributed by atoms with E-state index in [0.29, 0.717) is 44.7 Å². The van der Waals surface area contributed by atoms with E-state index >= 15 is 0 Å². The second kappa shape index (κ2) is 11.2. The molecule has 0 saturated heterocycles. The predicted molar refractivity (Wildman–Crippen MR) is 163 cm³/mol. The summed E-state index contributed by atoms with van der Waals surface area (Å²) in [6.07, 6.45) is 1.14. The number of pyridine rings is 2. The number of aryl methyl sites for hydroxylation is 3. The van der Waals surface area contributed by atoms with Crippen LogP contribution >= 0.6 is 0 Å². The molecule has 0 aliphatic rings. The number of hydrogen-bond acceptors (Lipinski definition) is 4. The fraction of sp³-hybridized carbons (Fsp3) is 0.222. The Morgan fingerprint density at radius 3 is 2.29 bits per heavy atom. The smallest absolute Gasteiger partial charge is 0.124 e. The van der Waals surface area contributed by atoms with E-state index in [9.17, 15) is 0 Å². The Morgan fingerprint density at radius 2 is 1.61 bits per heavy atom. The Morgan fingerprint density at radius 1 is 0.805 bits per heavy atom. The monoisotopic (exact) mass is 728 g/mol. The molecular formula is C36H32IrN2O2-2. The maximum absolute atomic E-state index is 8.25. The third kappa shape index (κ3) is 5.84. The Kier molecular flexibility index (Phi) is 4.90. The summed E-state index contributed by atoms with van der Waals surface area (Å²) in [5.74, 6) is 0. The van der Waals surface area contributed by atoms with Crippen molar-refractivity contribution in [2.24, 2.45) is 5.41 Å². The van der Waals surface area contributed by atoms with Crippen molar-refractivity contribution in [3.8, 4) is 22.5 Å². The normalized spacial score (nSPS) is 16.8. The first-order valence-corrected chi connectivity index (χ1v) is 12.7. The number of aromatic nitrogens is 2. The fourth-order valence-corrected chi connectivity index (χ4v) is 4.51. The third-order valence-electron chi connectivity index (χ3n) is 6.25. The quantitative estimate of drug-likeness (QED) is 0.170. The molecule has 0 bridgehead atoms. The molecular weight excluding hydrogens is 685 g/mol. The minimum absolute atomic E-state index is 0. The Labute approximate surface area is 270 Å². The van der Waals surface area contributed by atoms with Gasteiger partial charge in [-0.3, -0.25) is 0 Å². The summed E-state index contributed by atoms with van der Waals surface area (Å²) in [7, 11) is 0. The minimum Gasteiger partial charge on any atom is -0.500 e. The molecule has 0 saturated carbocycles. The summed E-state index contributed by atoms with van der Waals surface area (Å²) in [5.41, 5.74) is 4.13. The van der Waals surface area contributed by atoms with Crippen molar-refractivity contribution in [3.05, 3.63) is 107 Å². The summed E-state index contributed by atoms with van der Waals surface area (Å²) in [5, 5.41) is 1.62. The van der Waals surface area contributed by atoms with Gasteiger partial charge in [0, 0.05) is 47.6 Å². The van der Waals surface area contributed by atoms with Gasteiger partial charge in [-0.2, -0.15) is 0 Å². The molecule has 41 heavy (non-hydrogen) atoms. The van der Waals surface area contributed by atoms with Crippen LogP contribution in [-0.2, 0) is 26.5 Å². The van der Waals surface area contributed by atoms with Crippen LogP contribution in [0, 0.1) is 38.1 Å². The summed E-state index contributed by atoms with van der Waals surface area (Å²) >= 11 is 0. The predicted octanol–water partition coefficient (Wildman–Crippen LogP) is 9.69. The average molecular weight is 728 g/mol. The van der Waals surface area contributed by atoms with Crippen LogP contribution in [0.2, 0.25) is 0 Å². The molecule has 7 rings (SSSR count). The summed E-state index contributed by atoms with van der Waals surface area (Å²) < 4.78 is 96.4. The second-order valence-electron chi connectivity index (χ2n) is 10.5. The van der Waals surface area contributed by atoms with Crippen LogP contribution in [0.15, 0.2) is 81.9 Å². The van der Waals surface area contributed by atoms with Gasteiger partial charge in [-0.15, -0.1) is 47.5 Å². The SMILES string of the molecule is [2H]C([2H])([2H])c1c[c-]c(-c2ccc(C([2H])([2H])C(C)(C)C)cn2)cc1.[2H]C([2H])([2H])c1cnc(-c2[c-]cc3oc4cccc5oc2c3c45)cc1C([2H])([2H])[2H].[Ir]. The molecule has 4 aromatic heterocycles. The first kappa shape index (κ1) is 17.9. The molecule has 0 spiro atoms. The Hall–Kier alpha value is -3.79. The molecule has 0 N–H and O–H groups in total. The van der Waals surface area contributed by atoms with Crippen LogP contribution < -0.4 is 0 Å². The van der Waals surface area contributed by atoms with Gasteiger partial charge in [0.25, 0.3) is 0 Å². The van der Waals surface area contributed by atoms with Gasteiger partial charge >= 0.3 is 0 Å². The first-order chi connectivity index (χ1) is 23.6. The first-order valence-electron chi connectivity index (χ1n) is 18.2. The summed E-state index contributed by atoms with van der Waals surface area (Å²) in [4.78, 5) is 8.52. The molecule has 0 aliphatic heterocycles. The standard InChI is InChI=1S/C19H12NO2.C17H20N.Ir/c1-10-8-13(20-9-11(10)2)12-6-7-16-18-17-14(21-16)4-3-5-15(17)22-19(12)18;1-13-5-8-15(9-6-13)16-10-7-14(12-18-16)11-17(2,3)4;/h3-5,7-9H,1-2H3;5-8,10,12H,11H2,1-4H3;/q2*-1;/i1D3,2D3;1D3,11D2;. The van der Waals surface area contributed by atoms with Crippen molar-refractivity contribution in [1.82, 2.24) is 9.97 Å². The van der Waals surface area contributed by atoms with Gasteiger partial charge in [0.2, 0.25) is 0 Å². The topological polar surface area (TPSA) is 52.1 Å². The molecule has 0 unspecified atom stereocenters. The van der Waals surface area contributed by atoms with Gasteiger partial charge in [0.1, 0.15) is 11.2 Å². The molecule has 0 atom stereocenters. The molecule has 209 valence electrons.